The van der Waals surface area contributed by atoms with Gasteiger partial charge in [0.1, 0.15) is 12.4 Å². The standard InChI is InChI=1S/C13H19NO3/c1-11-12(5-4-7-14-11)15-9-10-17-13-6-2-3-8-16-13/h4-5,7,13H,2-3,6,8-10H2,1H3/t13-/m1/s1. The third-order valence-corrected chi connectivity index (χ3v) is 2.74. The SMILES string of the molecule is Cc1ncccc1OCCO[C@@H]1CCCCO1. The maximum atomic E-state index is 5.58. The van der Waals surface area contributed by atoms with Gasteiger partial charge in [-0.2, -0.15) is 0 Å². The molecule has 1 aromatic heterocycles. The van der Waals surface area contributed by atoms with Crippen LogP contribution in [0, 0.1) is 6.92 Å². The first-order valence-electron chi connectivity index (χ1n) is 6.14. The van der Waals surface area contributed by atoms with Crippen LogP contribution in [0.25, 0.3) is 0 Å². The first-order valence-corrected chi connectivity index (χ1v) is 6.14. The van der Waals surface area contributed by atoms with Crippen LogP contribution in [0.2, 0.25) is 0 Å². The summed E-state index contributed by atoms with van der Waals surface area (Å²) in [5, 5.41) is 0. The lowest BCUT2D eigenvalue weighted by molar-refractivity contribution is -0.165. The van der Waals surface area contributed by atoms with Gasteiger partial charge in [-0.05, 0) is 38.3 Å². The van der Waals surface area contributed by atoms with Crippen molar-refractivity contribution >= 4 is 0 Å². The second kappa shape index (κ2) is 6.57. The van der Waals surface area contributed by atoms with Crippen LogP contribution in [0.15, 0.2) is 18.3 Å². The van der Waals surface area contributed by atoms with Gasteiger partial charge in [0.2, 0.25) is 0 Å². The first kappa shape index (κ1) is 12.3. The molecule has 4 nitrogen and oxygen atoms in total. The second-order valence-electron chi connectivity index (χ2n) is 4.10. The van der Waals surface area contributed by atoms with Gasteiger partial charge in [-0.15, -0.1) is 0 Å². The highest BCUT2D eigenvalue weighted by atomic mass is 16.7. The summed E-state index contributed by atoms with van der Waals surface area (Å²) in [4.78, 5) is 4.16. The van der Waals surface area contributed by atoms with Crippen LogP contribution in [-0.4, -0.2) is 31.1 Å². The number of hydrogen-bond donors (Lipinski definition) is 0. The summed E-state index contributed by atoms with van der Waals surface area (Å²) in [7, 11) is 0. The van der Waals surface area contributed by atoms with Crippen molar-refractivity contribution in [2.45, 2.75) is 32.5 Å². The number of hydrogen-bond acceptors (Lipinski definition) is 4. The van der Waals surface area contributed by atoms with Crippen molar-refractivity contribution in [1.29, 1.82) is 0 Å². The van der Waals surface area contributed by atoms with E-state index in [0.717, 1.165) is 30.9 Å². The predicted octanol–water partition coefficient (Wildman–Crippen LogP) is 2.31. The minimum Gasteiger partial charge on any atom is -0.489 e. The Bertz CT molecular complexity index is 337. The molecule has 0 aliphatic carbocycles. The first-order chi connectivity index (χ1) is 8.36. The highest BCUT2D eigenvalue weighted by molar-refractivity contribution is 5.25. The van der Waals surface area contributed by atoms with Crippen LogP contribution in [0.3, 0.4) is 0 Å². The Morgan fingerprint density at radius 3 is 3.12 bits per heavy atom. The van der Waals surface area contributed by atoms with E-state index in [4.69, 9.17) is 14.2 Å². The van der Waals surface area contributed by atoms with Crippen molar-refractivity contribution in [3.05, 3.63) is 24.0 Å². The van der Waals surface area contributed by atoms with Crippen LogP contribution < -0.4 is 4.74 Å². The zero-order valence-electron chi connectivity index (χ0n) is 10.2. The molecule has 0 saturated carbocycles. The van der Waals surface area contributed by atoms with Crippen molar-refractivity contribution in [2.75, 3.05) is 19.8 Å². The number of ether oxygens (including phenoxy) is 3. The van der Waals surface area contributed by atoms with Crippen LogP contribution in [0.4, 0.5) is 0 Å². The summed E-state index contributed by atoms with van der Waals surface area (Å²) < 4.78 is 16.6. The molecule has 0 N–H and O–H groups in total. The molecule has 0 radical (unpaired) electrons. The fourth-order valence-corrected chi connectivity index (χ4v) is 1.80. The minimum atomic E-state index is -0.0395. The van der Waals surface area contributed by atoms with Gasteiger partial charge < -0.3 is 14.2 Å². The molecule has 1 aliphatic heterocycles. The Hall–Kier alpha value is -1.13. The average Bonchev–Trinajstić information content (AvgIpc) is 2.38. The smallest absolute Gasteiger partial charge is 0.157 e. The highest BCUT2D eigenvalue weighted by Crippen LogP contribution is 2.15. The van der Waals surface area contributed by atoms with Gasteiger partial charge in [0.15, 0.2) is 6.29 Å². The molecule has 0 aromatic carbocycles. The number of aryl methyl sites for hydroxylation is 1. The molecule has 1 aromatic rings. The lowest BCUT2D eigenvalue weighted by Crippen LogP contribution is -2.24. The summed E-state index contributed by atoms with van der Waals surface area (Å²) in [5.74, 6) is 0.820. The Morgan fingerprint density at radius 2 is 2.35 bits per heavy atom. The summed E-state index contributed by atoms with van der Waals surface area (Å²) >= 11 is 0. The Morgan fingerprint density at radius 1 is 1.41 bits per heavy atom. The molecule has 1 atom stereocenters. The zero-order valence-corrected chi connectivity index (χ0v) is 10.2. The van der Waals surface area contributed by atoms with E-state index in [-0.39, 0.29) is 6.29 Å². The lowest BCUT2D eigenvalue weighted by Gasteiger charge is -2.22. The number of rotatable bonds is 5. The van der Waals surface area contributed by atoms with E-state index in [0.29, 0.717) is 13.2 Å². The van der Waals surface area contributed by atoms with E-state index in [9.17, 15) is 0 Å². The van der Waals surface area contributed by atoms with E-state index in [1.54, 1.807) is 6.20 Å². The summed E-state index contributed by atoms with van der Waals surface area (Å²) in [5.41, 5.74) is 0.904. The zero-order chi connectivity index (χ0) is 11.9. The number of nitrogens with zero attached hydrogens (tertiary/aromatic N) is 1. The Kier molecular flexibility index (Phi) is 4.76. The fraction of sp³-hybridized carbons (Fsp3) is 0.615. The van der Waals surface area contributed by atoms with E-state index < -0.39 is 0 Å². The predicted molar refractivity (Wildman–Crippen MR) is 64.0 cm³/mol. The summed E-state index contributed by atoms with van der Waals surface area (Å²) in [6.45, 7) is 3.83. The second-order valence-corrected chi connectivity index (χ2v) is 4.10. The molecular weight excluding hydrogens is 218 g/mol. The van der Waals surface area contributed by atoms with Crippen molar-refractivity contribution in [3.8, 4) is 5.75 Å². The van der Waals surface area contributed by atoms with Gasteiger partial charge in [-0.25, -0.2) is 0 Å². The molecule has 94 valence electrons. The highest BCUT2D eigenvalue weighted by Gasteiger charge is 2.13. The number of pyridine rings is 1. The van der Waals surface area contributed by atoms with E-state index >= 15 is 0 Å². The Labute approximate surface area is 102 Å². The molecule has 0 amide bonds. The van der Waals surface area contributed by atoms with Gasteiger partial charge >= 0.3 is 0 Å². The largest absolute Gasteiger partial charge is 0.489 e. The van der Waals surface area contributed by atoms with E-state index in [1.807, 2.05) is 19.1 Å². The molecule has 0 bridgehead atoms. The maximum Gasteiger partial charge on any atom is 0.157 e. The molecular formula is C13H19NO3. The normalized spacial score (nSPS) is 20.2. The van der Waals surface area contributed by atoms with Gasteiger partial charge in [0.05, 0.1) is 12.3 Å². The van der Waals surface area contributed by atoms with Gasteiger partial charge in [-0.3, -0.25) is 4.98 Å². The summed E-state index contributed by atoms with van der Waals surface area (Å²) in [6.07, 6.45) is 5.04. The molecule has 4 heteroatoms. The van der Waals surface area contributed by atoms with E-state index in [1.165, 1.54) is 6.42 Å². The number of aromatic nitrogens is 1. The van der Waals surface area contributed by atoms with Crippen LogP contribution in [0.5, 0.6) is 5.75 Å². The molecule has 1 aliphatic rings. The molecule has 2 heterocycles. The third-order valence-electron chi connectivity index (χ3n) is 2.74. The Balaban J connectivity index is 1.64. The summed E-state index contributed by atoms with van der Waals surface area (Å²) in [6, 6.07) is 3.78. The van der Waals surface area contributed by atoms with Crippen molar-refractivity contribution in [2.24, 2.45) is 0 Å². The maximum absolute atomic E-state index is 5.58. The molecule has 17 heavy (non-hydrogen) atoms. The van der Waals surface area contributed by atoms with Crippen molar-refractivity contribution < 1.29 is 14.2 Å². The average molecular weight is 237 g/mol. The van der Waals surface area contributed by atoms with Gasteiger partial charge in [-0.1, -0.05) is 0 Å². The molecule has 0 unspecified atom stereocenters. The van der Waals surface area contributed by atoms with Gasteiger partial charge in [0.25, 0.3) is 0 Å². The molecule has 1 saturated heterocycles. The third kappa shape index (κ3) is 3.98. The molecule has 0 spiro atoms. The molecule has 1 fully saturated rings. The van der Waals surface area contributed by atoms with Crippen LogP contribution in [-0.2, 0) is 9.47 Å². The van der Waals surface area contributed by atoms with Crippen molar-refractivity contribution in [1.82, 2.24) is 4.98 Å². The minimum absolute atomic E-state index is 0.0395. The fourth-order valence-electron chi connectivity index (χ4n) is 1.80. The molecule has 2 rings (SSSR count). The topological polar surface area (TPSA) is 40.6 Å². The van der Waals surface area contributed by atoms with Crippen LogP contribution in [0.1, 0.15) is 25.0 Å². The quantitative estimate of drug-likeness (QED) is 0.737. The van der Waals surface area contributed by atoms with E-state index in [2.05, 4.69) is 4.98 Å². The van der Waals surface area contributed by atoms with Crippen LogP contribution >= 0.6 is 0 Å². The monoisotopic (exact) mass is 237 g/mol. The van der Waals surface area contributed by atoms with Crippen molar-refractivity contribution in [3.63, 3.8) is 0 Å². The lowest BCUT2D eigenvalue weighted by atomic mass is 10.2. The van der Waals surface area contributed by atoms with Gasteiger partial charge in [0, 0.05) is 12.8 Å².